The summed E-state index contributed by atoms with van der Waals surface area (Å²) in [6.45, 7) is 4.84. The molecule has 0 spiro atoms. The van der Waals surface area contributed by atoms with Crippen molar-refractivity contribution in [1.29, 1.82) is 0 Å². The summed E-state index contributed by atoms with van der Waals surface area (Å²) in [6.07, 6.45) is -5.24. The van der Waals surface area contributed by atoms with Crippen molar-refractivity contribution in [3.8, 4) is 0 Å². The van der Waals surface area contributed by atoms with Crippen LogP contribution in [0.3, 0.4) is 0 Å². The Morgan fingerprint density at radius 2 is 2.05 bits per heavy atom. The number of amides is 1. The van der Waals surface area contributed by atoms with E-state index in [4.69, 9.17) is 0 Å². The molecule has 0 aromatic heterocycles. The van der Waals surface area contributed by atoms with Crippen LogP contribution >= 0.6 is 0 Å². The second-order valence-corrected chi connectivity index (χ2v) is 5.30. The molecule has 4 nitrogen and oxygen atoms in total. The Balaban J connectivity index is 2.65. The number of alkyl halides is 3. The van der Waals surface area contributed by atoms with Crippen LogP contribution in [0.2, 0.25) is 0 Å². The minimum atomic E-state index is -4.17. The third kappa shape index (κ3) is 5.67. The van der Waals surface area contributed by atoms with E-state index >= 15 is 0 Å². The van der Waals surface area contributed by atoms with E-state index < -0.39 is 24.6 Å². The summed E-state index contributed by atoms with van der Waals surface area (Å²) >= 11 is 0. The molecule has 2 unspecified atom stereocenters. The number of carbonyl (C=O) groups excluding carboxylic acids is 1. The van der Waals surface area contributed by atoms with Crippen LogP contribution in [-0.4, -0.2) is 49.5 Å². The Morgan fingerprint density at radius 3 is 2.53 bits per heavy atom. The maximum atomic E-state index is 12.5. The Bertz CT molecular complexity index is 308. The Morgan fingerprint density at radius 1 is 1.42 bits per heavy atom. The van der Waals surface area contributed by atoms with Gasteiger partial charge in [0.25, 0.3) is 0 Å². The predicted octanol–water partition coefficient (Wildman–Crippen LogP) is 2.39. The number of hydrogen-bond acceptors (Lipinski definition) is 3. The molecule has 1 saturated heterocycles. The summed E-state index contributed by atoms with van der Waals surface area (Å²) in [6, 6.07) is -0.145. The Labute approximate surface area is 111 Å². The van der Waals surface area contributed by atoms with E-state index in [2.05, 4.69) is 10.1 Å². The molecule has 0 aliphatic carbocycles. The normalized spacial score (nSPS) is 25.4. The van der Waals surface area contributed by atoms with Gasteiger partial charge in [0.1, 0.15) is 0 Å². The largest absolute Gasteiger partial charge is 0.453 e. The van der Waals surface area contributed by atoms with Crippen molar-refractivity contribution in [3.05, 3.63) is 0 Å². The summed E-state index contributed by atoms with van der Waals surface area (Å²) in [5.74, 6) is -0.488. The number of methoxy groups -OCH3 is 1. The lowest BCUT2D eigenvalue weighted by Crippen LogP contribution is -2.53. The van der Waals surface area contributed by atoms with Gasteiger partial charge >= 0.3 is 12.3 Å². The second-order valence-electron chi connectivity index (χ2n) is 5.30. The molecule has 1 heterocycles. The lowest BCUT2D eigenvalue weighted by atomic mass is 9.90. The third-order valence-electron chi connectivity index (χ3n) is 3.32. The standard InChI is InChI=1S/C12H21F3N2O2/c1-8(2)17-6-9(5-12(13,14)15)4-10(7-17)16-11(18)19-3/h8-10H,4-7H2,1-3H3,(H,16,18). The first-order valence-corrected chi connectivity index (χ1v) is 6.36. The lowest BCUT2D eigenvalue weighted by molar-refractivity contribution is -0.149. The van der Waals surface area contributed by atoms with Crippen LogP contribution in [0.15, 0.2) is 0 Å². The van der Waals surface area contributed by atoms with Gasteiger partial charge < -0.3 is 10.1 Å². The minimum Gasteiger partial charge on any atom is -0.453 e. The first-order chi connectivity index (χ1) is 8.71. The van der Waals surface area contributed by atoms with Crippen molar-refractivity contribution in [2.75, 3.05) is 20.2 Å². The number of halogens is 3. The van der Waals surface area contributed by atoms with E-state index in [0.29, 0.717) is 19.5 Å². The molecule has 1 N–H and O–H groups in total. The van der Waals surface area contributed by atoms with E-state index in [1.165, 1.54) is 7.11 Å². The van der Waals surface area contributed by atoms with Gasteiger partial charge in [0.05, 0.1) is 7.11 Å². The van der Waals surface area contributed by atoms with Gasteiger partial charge in [0.15, 0.2) is 0 Å². The van der Waals surface area contributed by atoms with Gasteiger partial charge in [0.2, 0.25) is 0 Å². The minimum absolute atomic E-state index is 0.151. The number of hydrogen-bond donors (Lipinski definition) is 1. The fraction of sp³-hybridized carbons (Fsp3) is 0.917. The maximum absolute atomic E-state index is 12.5. The summed E-state index contributed by atoms with van der Waals surface area (Å²) < 4.78 is 42.0. The van der Waals surface area contributed by atoms with Crippen LogP contribution in [0.1, 0.15) is 26.7 Å². The van der Waals surface area contributed by atoms with Gasteiger partial charge in [-0.25, -0.2) is 4.79 Å². The smallest absolute Gasteiger partial charge is 0.407 e. The molecular weight excluding hydrogens is 261 g/mol. The lowest BCUT2D eigenvalue weighted by Gasteiger charge is -2.40. The van der Waals surface area contributed by atoms with Crippen molar-refractivity contribution in [2.45, 2.75) is 44.9 Å². The summed E-state index contributed by atoms with van der Waals surface area (Å²) in [5, 5.41) is 2.60. The van der Waals surface area contributed by atoms with Gasteiger partial charge in [-0.05, 0) is 26.2 Å². The van der Waals surface area contributed by atoms with Gasteiger partial charge in [-0.2, -0.15) is 13.2 Å². The quantitative estimate of drug-likeness (QED) is 0.864. The molecular formula is C12H21F3N2O2. The van der Waals surface area contributed by atoms with Gasteiger partial charge in [0, 0.05) is 31.6 Å². The van der Waals surface area contributed by atoms with Crippen LogP contribution in [0, 0.1) is 5.92 Å². The number of piperidine rings is 1. The van der Waals surface area contributed by atoms with Crippen LogP contribution in [0.4, 0.5) is 18.0 Å². The Kier molecular flexibility index (Phi) is 5.46. The molecule has 1 amide bonds. The molecule has 0 saturated carbocycles. The number of alkyl carbamates (subject to hydrolysis) is 1. The monoisotopic (exact) mass is 282 g/mol. The first kappa shape index (κ1) is 16.1. The molecule has 19 heavy (non-hydrogen) atoms. The second kappa shape index (κ2) is 6.45. The van der Waals surface area contributed by atoms with E-state index in [9.17, 15) is 18.0 Å². The molecule has 0 radical (unpaired) electrons. The molecule has 1 fully saturated rings. The highest BCUT2D eigenvalue weighted by Crippen LogP contribution is 2.30. The van der Waals surface area contributed by atoms with Crippen molar-refractivity contribution in [2.24, 2.45) is 5.92 Å². The maximum Gasteiger partial charge on any atom is 0.407 e. The highest BCUT2D eigenvalue weighted by atomic mass is 19.4. The van der Waals surface area contributed by atoms with Crippen molar-refractivity contribution in [1.82, 2.24) is 10.2 Å². The molecule has 2 atom stereocenters. The number of rotatable bonds is 3. The van der Waals surface area contributed by atoms with Gasteiger partial charge in [-0.1, -0.05) is 0 Å². The fourth-order valence-corrected chi connectivity index (χ4v) is 2.47. The third-order valence-corrected chi connectivity index (χ3v) is 3.32. The van der Waals surface area contributed by atoms with Crippen LogP contribution in [0.5, 0.6) is 0 Å². The molecule has 0 aromatic rings. The van der Waals surface area contributed by atoms with E-state index in [0.717, 1.165) is 0 Å². The first-order valence-electron chi connectivity index (χ1n) is 6.36. The molecule has 1 aliphatic heterocycles. The number of ether oxygens (including phenoxy) is 1. The molecule has 0 aromatic carbocycles. The average molecular weight is 282 g/mol. The molecule has 1 rings (SSSR count). The predicted molar refractivity (Wildman–Crippen MR) is 64.8 cm³/mol. The number of likely N-dealkylation sites (tertiary alicyclic amines) is 1. The average Bonchev–Trinajstić information content (AvgIpc) is 2.25. The highest BCUT2D eigenvalue weighted by Gasteiger charge is 2.37. The van der Waals surface area contributed by atoms with Crippen molar-refractivity contribution in [3.63, 3.8) is 0 Å². The molecule has 7 heteroatoms. The zero-order valence-corrected chi connectivity index (χ0v) is 11.5. The van der Waals surface area contributed by atoms with E-state index in [-0.39, 0.29) is 12.1 Å². The van der Waals surface area contributed by atoms with Crippen LogP contribution < -0.4 is 5.32 Å². The number of nitrogens with zero attached hydrogens (tertiary/aromatic N) is 1. The van der Waals surface area contributed by atoms with Gasteiger partial charge in [-0.15, -0.1) is 0 Å². The van der Waals surface area contributed by atoms with Crippen molar-refractivity contribution >= 4 is 6.09 Å². The number of carbonyl (C=O) groups is 1. The summed E-state index contributed by atoms with van der Waals surface area (Å²) in [4.78, 5) is 13.1. The van der Waals surface area contributed by atoms with Crippen LogP contribution in [0.25, 0.3) is 0 Å². The van der Waals surface area contributed by atoms with Gasteiger partial charge in [-0.3, -0.25) is 4.90 Å². The molecule has 1 aliphatic rings. The van der Waals surface area contributed by atoms with Crippen LogP contribution in [-0.2, 0) is 4.74 Å². The molecule has 0 bridgehead atoms. The number of nitrogens with one attached hydrogen (secondary N) is 1. The highest BCUT2D eigenvalue weighted by molar-refractivity contribution is 5.67. The Hall–Kier alpha value is -0.980. The summed E-state index contributed by atoms with van der Waals surface area (Å²) in [5.41, 5.74) is 0. The SMILES string of the molecule is COC(=O)NC1CC(CC(F)(F)F)CN(C(C)C)C1. The van der Waals surface area contributed by atoms with E-state index in [1.54, 1.807) is 0 Å². The zero-order valence-electron chi connectivity index (χ0n) is 11.5. The topological polar surface area (TPSA) is 41.6 Å². The fourth-order valence-electron chi connectivity index (χ4n) is 2.47. The molecule has 112 valence electrons. The zero-order chi connectivity index (χ0) is 14.6. The van der Waals surface area contributed by atoms with E-state index in [1.807, 2.05) is 18.7 Å². The van der Waals surface area contributed by atoms with Crippen molar-refractivity contribution < 1.29 is 22.7 Å². The summed E-state index contributed by atoms with van der Waals surface area (Å²) in [7, 11) is 1.24.